The number of fused-ring (bicyclic) bond motifs is 1. The van der Waals surface area contributed by atoms with Crippen molar-refractivity contribution in [2.24, 2.45) is 5.92 Å². The van der Waals surface area contributed by atoms with Crippen LogP contribution >= 0.6 is 0 Å². The molecule has 4 nitrogen and oxygen atoms in total. The minimum atomic E-state index is 0.637. The van der Waals surface area contributed by atoms with Gasteiger partial charge in [0.2, 0.25) is 5.95 Å². The number of nitrogens with two attached hydrogens (primary N) is 1. The highest BCUT2D eigenvalue weighted by Crippen LogP contribution is 2.22. The zero-order valence-electron chi connectivity index (χ0n) is 10.1. The van der Waals surface area contributed by atoms with Gasteiger partial charge in [-0.05, 0) is 50.0 Å². The van der Waals surface area contributed by atoms with Crippen LogP contribution in [0.25, 0.3) is 11.0 Å². The molecule has 2 heterocycles. The molecule has 0 bridgehead atoms. The lowest BCUT2D eigenvalue weighted by Gasteiger charge is -2.11. The molecule has 0 radical (unpaired) electrons. The topological polar surface area (TPSA) is 55.9 Å². The number of hydrogen-bond acceptors (Lipinski definition) is 3. The van der Waals surface area contributed by atoms with Crippen LogP contribution in [0.1, 0.15) is 12.0 Å². The second kappa shape index (κ2) is 4.04. The van der Waals surface area contributed by atoms with Gasteiger partial charge >= 0.3 is 0 Å². The molecule has 1 aromatic heterocycles. The Morgan fingerprint density at radius 1 is 1.53 bits per heavy atom. The fraction of sp³-hybridized carbons (Fsp3) is 0.462. The van der Waals surface area contributed by atoms with Crippen LogP contribution in [0.4, 0.5) is 5.95 Å². The third-order valence-electron chi connectivity index (χ3n) is 3.54. The van der Waals surface area contributed by atoms with Crippen LogP contribution in [0.2, 0.25) is 0 Å². The summed E-state index contributed by atoms with van der Waals surface area (Å²) in [6, 6.07) is 6.33. The van der Waals surface area contributed by atoms with Crippen molar-refractivity contribution in [1.29, 1.82) is 0 Å². The SMILES string of the molecule is Cc1ccc2c(c1)nc(N)n2CC1CCNC1. The molecule has 1 aliphatic heterocycles. The molecule has 1 fully saturated rings. The summed E-state index contributed by atoms with van der Waals surface area (Å²) in [5.74, 6) is 1.31. The number of anilines is 1. The highest BCUT2D eigenvalue weighted by molar-refractivity contribution is 5.79. The number of imidazole rings is 1. The molecule has 90 valence electrons. The molecular weight excluding hydrogens is 212 g/mol. The van der Waals surface area contributed by atoms with Crippen LogP contribution in [0.15, 0.2) is 18.2 Å². The summed E-state index contributed by atoms with van der Waals surface area (Å²) in [6.45, 7) is 5.26. The summed E-state index contributed by atoms with van der Waals surface area (Å²) >= 11 is 0. The van der Waals surface area contributed by atoms with Gasteiger partial charge < -0.3 is 15.6 Å². The maximum Gasteiger partial charge on any atom is 0.201 e. The fourth-order valence-corrected chi connectivity index (χ4v) is 2.58. The minimum Gasteiger partial charge on any atom is -0.369 e. The van der Waals surface area contributed by atoms with Crippen molar-refractivity contribution in [2.75, 3.05) is 18.8 Å². The Bertz CT molecular complexity index is 538. The maximum absolute atomic E-state index is 6.01. The predicted molar refractivity (Wildman–Crippen MR) is 69.9 cm³/mol. The Balaban J connectivity index is 1.99. The molecule has 17 heavy (non-hydrogen) atoms. The van der Waals surface area contributed by atoms with Gasteiger partial charge in [0.05, 0.1) is 11.0 Å². The van der Waals surface area contributed by atoms with E-state index in [9.17, 15) is 0 Å². The molecule has 0 amide bonds. The first-order valence-corrected chi connectivity index (χ1v) is 6.17. The smallest absolute Gasteiger partial charge is 0.201 e. The van der Waals surface area contributed by atoms with Gasteiger partial charge in [-0.2, -0.15) is 0 Å². The number of benzene rings is 1. The van der Waals surface area contributed by atoms with Crippen molar-refractivity contribution >= 4 is 17.0 Å². The Morgan fingerprint density at radius 2 is 2.41 bits per heavy atom. The van der Waals surface area contributed by atoms with Gasteiger partial charge in [0.15, 0.2) is 0 Å². The molecule has 4 heteroatoms. The first kappa shape index (κ1) is 10.6. The Morgan fingerprint density at radius 3 is 3.18 bits per heavy atom. The highest BCUT2D eigenvalue weighted by atomic mass is 15.2. The minimum absolute atomic E-state index is 0.637. The van der Waals surface area contributed by atoms with Crippen molar-refractivity contribution in [2.45, 2.75) is 19.9 Å². The standard InChI is InChI=1S/C13H18N4/c1-9-2-3-12-11(6-9)16-13(14)17(12)8-10-4-5-15-7-10/h2-3,6,10,15H,4-5,7-8H2,1H3,(H2,14,16). The van der Waals surface area contributed by atoms with Crippen LogP contribution in [0.5, 0.6) is 0 Å². The van der Waals surface area contributed by atoms with Crippen molar-refractivity contribution in [3.05, 3.63) is 23.8 Å². The van der Waals surface area contributed by atoms with Gasteiger partial charge in [0.25, 0.3) is 0 Å². The van der Waals surface area contributed by atoms with Gasteiger partial charge in [-0.15, -0.1) is 0 Å². The Hall–Kier alpha value is -1.55. The summed E-state index contributed by atoms with van der Waals surface area (Å²) in [4.78, 5) is 4.44. The molecule has 1 unspecified atom stereocenters. The summed E-state index contributed by atoms with van der Waals surface area (Å²) in [5, 5.41) is 3.39. The molecule has 1 aliphatic rings. The van der Waals surface area contributed by atoms with E-state index < -0.39 is 0 Å². The van der Waals surface area contributed by atoms with Crippen LogP contribution in [-0.4, -0.2) is 22.6 Å². The van der Waals surface area contributed by atoms with Gasteiger partial charge in [-0.3, -0.25) is 0 Å². The van der Waals surface area contributed by atoms with E-state index in [1.54, 1.807) is 0 Å². The van der Waals surface area contributed by atoms with Gasteiger partial charge in [-0.1, -0.05) is 6.07 Å². The van der Waals surface area contributed by atoms with Crippen LogP contribution in [0.3, 0.4) is 0 Å². The van der Waals surface area contributed by atoms with Crippen molar-refractivity contribution in [1.82, 2.24) is 14.9 Å². The van der Waals surface area contributed by atoms with E-state index in [1.165, 1.54) is 12.0 Å². The van der Waals surface area contributed by atoms with Gasteiger partial charge in [0, 0.05) is 6.54 Å². The lowest BCUT2D eigenvalue weighted by atomic mass is 10.1. The van der Waals surface area contributed by atoms with E-state index >= 15 is 0 Å². The van der Waals surface area contributed by atoms with Gasteiger partial charge in [0.1, 0.15) is 0 Å². The average molecular weight is 230 g/mol. The second-order valence-corrected chi connectivity index (χ2v) is 4.93. The van der Waals surface area contributed by atoms with Gasteiger partial charge in [-0.25, -0.2) is 4.98 Å². The normalized spacial score (nSPS) is 20.2. The van der Waals surface area contributed by atoms with Crippen molar-refractivity contribution in [3.63, 3.8) is 0 Å². The predicted octanol–water partition coefficient (Wildman–Crippen LogP) is 1.54. The number of hydrogen-bond donors (Lipinski definition) is 2. The molecule has 3 rings (SSSR count). The first-order valence-electron chi connectivity index (χ1n) is 6.17. The molecule has 1 saturated heterocycles. The summed E-state index contributed by atoms with van der Waals surface area (Å²) < 4.78 is 2.15. The van der Waals surface area contributed by atoms with E-state index in [0.717, 1.165) is 30.7 Å². The van der Waals surface area contributed by atoms with Crippen molar-refractivity contribution in [3.8, 4) is 0 Å². The molecule has 3 N–H and O–H groups in total. The first-order chi connectivity index (χ1) is 8.24. The average Bonchev–Trinajstić information content (AvgIpc) is 2.88. The molecular formula is C13H18N4. The van der Waals surface area contributed by atoms with E-state index in [0.29, 0.717) is 11.9 Å². The maximum atomic E-state index is 6.01. The van der Waals surface area contributed by atoms with Crippen LogP contribution < -0.4 is 11.1 Å². The number of rotatable bonds is 2. The summed E-state index contributed by atoms with van der Waals surface area (Å²) in [6.07, 6.45) is 1.23. The fourth-order valence-electron chi connectivity index (χ4n) is 2.58. The number of nitrogens with zero attached hydrogens (tertiary/aromatic N) is 2. The summed E-state index contributed by atoms with van der Waals surface area (Å²) in [5.41, 5.74) is 9.40. The molecule has 0 spiro atoms. The number of aryl methyl sites for hydroxylation is 1. The quantitative estimate of drug-likeness (QED) is 0.822. The number of nitrogen functional groups attached to an aromatic ring is 1. The lowest BCUT2D eigenvalue weighted by molar-refractivity contribution is 0.493. The van der Waals surface area contributed by atoms with Crippen LogP contribution in [-0.2, 0) is 6.54 Å². The highest BCUT2D eigenvalue weighted by Gasteiger charge is 2.17. The summed E-state index contributed by atoms with van der Waals surface area (Å²) in [7, 11) is 0. The zero-order chi connectivity index (χ0) is 11.8. The molecule has 0 aliphatic carbocycles. The monoisotopic (exact) mass is 230 g/mol. The number of nitrogens with one attached hydrogen (secondary N) is 1. The molecule has 2 aromatic rings. The van der Waals surface area contributed by atoms with E-state index in [2.05, 4.69) is 40.0 Å². The van der Waals surface area contributed by atoms with Crippen molar-refractivity contribution < 1.29 is 0 Å². The van der Waals surface area contributed by atoms with Crippen LogP contribution in [0, 0.1) is 12.8 Å². The molecule has 1 atom stereocenters. The van der Waals surface area contributed by atoms with E-state index in [-0.39, 0.29) is 0 Å². The third kappa shape index (κ3) is 1.89. The third-order valence-corrected chi connectivity index (χ3v) is 3.54. The number of aromatic nitrogens is 2. The zero-order valence-corrected chi connectivity index (χ0v) is 10.1. The van der Waals surface area contributed by atoms with E-state index in [4.69, 9.17) is 5.73 Å². The largest absolute Gasteiger partial charge is 0.369 e. The lowest BCUT2D eigenvalue weighted by Crippen LogP contribution is -2.15. The molecule has 1 aromatic carbocycles. The Kier molecular flexibility index (Phi) is 2.52. The Labute approximate surface area is 101 Å². The molecule has 0 saturated carbocycles. The van der Waals surface area contributed by atoms with E-state index in [1.807, 2.05) is 0 Å². The second-order valence-electron chi connectivity index (χ2n) is 4.93.